The molecule has 2 aromatic heterocycles. The summed E-state index contributed by atoms with van der Waals surface area (Å²) in [6, 6.07) is 12.8. The molecule has 5 heteroatoms. The van der Waals surface area contributed by atoms with Crippen molar-refractivity contribution in [3.05, 3.63) is 78.4 Å². The van der Waals surface area contributed by atoms with E-state index in [-0.39, 0.29) is 6.04 Å². The predicted molar refractivity (Wildman–Crippen MR) is 116 cm³/mol. The monoisotopic (exact) mass is 372 g/mol. The molecular formula is C23H26N5+. The fraction of sp³-hybridized carbons (Fsp3) is 0.217. The van der Waals surface area contributed by atoms with Gasteiger partial charge in [-0.25, -0.2) is 4.57 Å². The van der Waals surface area contributed by atoms with Crippen LogP contribution in [-0.2, 0) is 7.05 Å². The molecule has 0 bridgehead atoms. The van der Waals surface area contributed by atoms with E-state index in [1.165, 1.54) is 11.3 Å². The topological polar surface area (TPSA) is 39.0 Å². The molecule has 0 saturated carbocycles. The second-order valence-corrected chi connectivity index (χ2v) is 7.38. The molecule has 28 heavy (non-hydrogen) atoms. The van der Waals surface area contributed by atoms with Gasteiger partial charge < -0.3 is 14.8 Å². The fourth-order valence-electron chi connectivity index (χ4n) is 3.34. The zero-order valence-electron chi connectivity index (χ0n) is 16.8. The minimum absolute atomic E-state index is 0.176. The summed E-state index contributed by atoms with van der Waals surface area (Å²) in [7, 11) is 8.21. The van der Waals surface area contributed by atoms with Crippen molar-refractivity contribution in [2.45, 2.75) is 6.04 Å². The van der Waals surface area contributed by atoms with Crippen molar-refractivity contribution < 1.29 is 4.57 Å². The number of fused-ring (bicyclic) bond motifs is 1. The number of hydrogen-bond donors (Lipinski definition) is 1. The normalized spacial score (nSPS) is 16.8. The largest absolute Gasteiger partial charge is 0.378 e. The van der Waals surface area contributed by atoms with Gasteiger partial charge in [0.05, 0.1) is 19.3 Å². The zero-order valence-corrected chi connectivity index (χ0v) is 16.8. The predicted octanol–water partition coefficient (Wildman–Crippen LogP) is 3.38. The molecule has 3 aromatic rings. The van der Waals surface area contributed by atoms with Crippen LogP contribution in [0.2, 0.25) is 0 Å². The summed E-state index contributed by atoms with van der Waals surface area (Å²) in [6.45, 7) is 0. The summed E-state index contributed by atoms with van der Waals surface area (Å²) < 4.78 is 2.03. The van der Waals surface area contributed by atoms with E-state index in [2.05, 4.69) is 96.8 Å². The molecule has 5 nitrogen and oxygen atoms in total. The van der Waals surface area contributed by atoms with Crippen LogP contribution in [-0.4, -0.2) is 42.1 Å². The van der Waals surface area contributed by atoms with E-state index in [4.69, 9.17) is 4.98 Å². The Labute approximate surface area is 165 Å². The molecule has 4 rings (SSSR count). The van der Waals surface area contributed by atoms with Crippen LogP contribution in [0, 0.1) is 0 Å². The van der Waals surface area contributed by atoms with Crippen LogP contribution in [0.1, 0.15) is 11.4 Å². The molecule has 1 aliphatic rings. The number of pyridine rings is 1. The van der Waals surface area contributed by atoms with Crippen molar-refractivity contribution in [1.29, 1.82) is 0 Å². The van der Waals surface area contributed by atoms with Crippen molar-refractivity contribution >= 4 is 28.5 Å². The highest BCUT2D eigenvalue weighted by Gasteiger charge is 2.20. The van der Waals surface area contributed by atoms with E-state index < -0.39 is 0 Å². The van der Waals surface area contributed by atoms with Gasteiger partial charge in [-0.15, -0.1) is 0 Å². The summed E-state index contributed by atoms with van der Waals surface area (Å²) in [6.07, 6.45) is 12.9. The Morgan fingerprint density at radius 1 is 1.18 bits per heavy atom. The number of rotatable bonds is 4. The van der Waals surface area contributed by atoms with Gasteiger partial charge in [0.25, 0.3) is 5.82 Å². The van der Waals surface area contributed by atoms with Crippen LogP contribution in [0.25, 0.3) is 22.8 Å². The van der Waals surface area contributed by atoms with Gasteiger partial charge in [-0.05, 0) is 47.0 Å². The van der Waals surface area contributed by atoms with Crippen molar-refractivity contribution in [2.75, 3.05) is 26.0 Å². The number of hydrogen-bond acceptors (Lipinski definition) is 3. The number of aromatic amines is 1. The third-order valence-corrected chi connectivity index (χ3v) is 5.10. The van der Waals surface area contributed by atoms with E-state index in [0.717, 1.165) is 22.6 Å². The smallest absolute Gasteiger partial charge is 0.349 e. The van der Waals surface area contributed by atoms with Crippen LogP contribution >= 0.6 is 0 Å². The lowest BCUT2D eigenvalue weighted by molar-refractivity contribution is -0.646. The number of imidazole rings is 1. The highest BCUT2D eigenvalue weighted by molar-refractivity contribution is 5.78. The van der Waals surface area contributed by atoms with Gasteiger partial charge >= 0.3 is 5.65 Å². The molecule has 0 saturated heterocycles. The Balaban J connectivity index is 1.59. The molecule has 1 aliphatic heterocycles. The number of nitrogens with one attached hydrogen (secondary N) is 1. The number of allylic oxidation sites excluding steroid dienone is 2. The molecular weight excluding hydrogens is 346 g/mol. The zero-order chi connectivity index (χ0) is 19.7. The van der Waals surface area contributed by atoms with Crippen molar-refractivity contribution in [3.8, 4) is 0 Å². The van der Waals surface area contributed by atoms with Crippen molar-refractivity contribution in [1.82, 2.24) is 14.9 Å². The standard InChI is InChI=1S/C23H25N5/c1-26(2)19-10-7-17(8-11-19)9-12-20-16-18(13-15-27(20)3)22-24-21-6-5-14-28(4)23(21)25-22/h5-16,20H,1-4H3/p+1/b12-9+. The number of H-pyrrole nitrogens is 1. The molecule has 3 heterocycles. The summed E-state index contributed by atoms with van der Waals surface area (Å²) >= 11 is 0. The van der Waals surface area contributed by atoms with Crippen LogP contribution in [0.5, 0.6) is 0 Å². The Bertz CT molecular complexity index is 1070. The Morgan fingerprint density at radius 3 is 2.68 bits per heavy atom. The number of likely N-dealkylation sites (N-methyl/N-ethyl adjacent to an activating group) is 1. The molecule has 142 valence electrons. The molecule has 1 atom stereocenters. The lowest BCUT2D eigenvalue weighted by atomic mass is 10.1. The van der Waals surface area contributed by atoms with Gasteiger partial charge in [0, 0.05) is 38.6 Å². The molecule has 0 amide bonds. The van der Waals surface area contributed by atoms with Crippen molar-refractivity contribution in [3.63, 3.8) is 0 Å². The second kappa shape index (κ2) is 7.35. The van der Waals surface area contributed by atoms with Crippen LogP contribution in [0.3, 0.4) is 0 Å². The Kier molecular flexibility index (Phi) is 4.74. The van der Waals surface area contributed by atoms with Crippen molar-refractivity contribution in [2.24, 2.45) is 7.05 Å². The van der Waals surface area contributed by atoms with Gasteiger partial charge in [0.15, 0.2) is 0 Å². The van der Waals surface area contributed by atoms with Gasteiger partial charge in [-0.3, -0.25) is 0 Å². The average molecular weight is 372 g/mol. The number of benzene rings is 1. The lowest BCUT2D eigenvalue weighted by Gasteiger charge is -2.24. The molecule has 0 fully saturated rings. The van der Waals surface area contributed by atoms with E-state index in [1.54, 1.807) is 0 Å². The number of anilines is 1. The lowest BCUT2D eigenvalue weighted by Crippen LogP contribution is -2.28. The summed E-state index contributed by atoms with van der Waals surface area (Å²) in [5.41, 5.74) is 5.50. The second-order valence-electron chi connectivity index (χ2n) is 7.38. The van der Waals surface area contributed by atoms with Crippen LogP contribution in [0.15, 0.2) is 67.0 Å². The first-order valence-corrected chi connectivity index (χ1v) is 9.43. The first-order valence-electron chi connectivity index (χ1n) is 9.43. The maximum absolute atomic E-state index is 4.78. The van der Waals surface area contributed by atoms with Gasteiger partial charge in [0.1, 0.15) is 5.52 Å². The average Bonchev–Trinajstić information content (AvgIpc) is 3.13. The maximum atomic E-state index is 4.78. The minimum atomic E-state index is 0.176. The van der Waals surface area contributed by atoms with Crippen LogP contribution < -0.4 is 9.47 Å². The van der Waals surface area contributed by atoms with Gasteiger partial charge in [0.2, 0.25) is 0 Å². The molecule has 1 aromatic carbocycles. The Morgan fingerprint density at radius 2 is 1.96 bits per heavy atom. The maximum Gasteiger partial charge on any atom is 0.349 e. The highest BCUT2D eigenvalue weighted by atomic mass is 15.1. The van der Waals surface area contributed by atoms with Crippen LogP contribution in [0.4, 0.5) is 5.69 Å². The molecule has 0 spiro atoms. The Hall–Kier alpha value is -3.34. The first kappa shape index (κ1) is 18.0. The molecule has 1 unspecified atom stereocenters. The quantitative estimate of drug-likeness (QED) is 0.714. The SMILES string of the molecule is CN(C)c1ccc(/C=C/C2C=C(c3nc4c(ccc[n+]4C)[nH]3)C=CN2C)cc1. The minimum Gasteiger partial charge on any atom is -0.378 e. The van der Waals surface area contributed by atoms with E-state index >= 15 is 0 Å². The summed E-state index contributed by atoms with van der Waals surface area (Å²) in [4.78, 5) is 12.5. The van der Waals surface area contributed by atoms with E-state index in [0.29, 0.717) is 0 Å². The third-order valence-electron chi connectivity index (χ3n) is 5.10. The van der Waals surface area contributed by atoms with Gasteiger partial charge in [-0.2, -0.15) is 0 Å². The van der Waals surface area contributed by atoms with Gasteiger partial charge in [-0.1, -0.05) is 24.3 Å². The number of nitrogens with zero attached hydrogens (tertiary/aromatic N) is 4. The van der Waals surface area contributed by atoms with E-state index in [9.17, 15) is 0 Å². The molecule has 0 aliphatic carbocycles. The third kappa shape index (κ3) is 3.56. The fourth-order valence-corrected chi connectivity index (χ4v) is 3.34. The molecule has 0 radical (unpaired) electrons. The molecule has 1 N–H and O–H groups in total. The summed E-state index contributed by atoms with van der Waals surface area (Å²) in [5.74, 6) is 0.898. The number of aryl methyl sites for hydroxylation is 1. The van der Waals surface area contributed by atoms with E-state index in [1.807, 2.05) is 23.9 Å². The summed E-state index contributed by atoms with van der Waals surface area (Å²) in [5, 5.41) is 0. The highest BCUT2D eigenvalue weighted by Crippen LogP contribution is 2.23. The first-order chi connectivity index (χ1) is 13.5. The number of aromatic nitrogens is 3.